The second kappa shape index (κ2) is 6.90. The molecule has 0 bridgehead atoms. The standard InChI is InChI=1S/C17H22N2O3S/c18-13-14-5-7-15(8-6-14)22-11-9-19-10-12-23(20,21)17-4-2-1-3-16(17)19/h5-8,16-17H,1-4,9-12H2/t16-,17+/m0/s1. The van der Waals surface area contributed by atoms with Crippen LogP contribution in [0.15, 0.2) is 24.3 Å². The molecule has 5 nitrogen and oxygen atoms in total. The predicted octanol–water partition coefficient (Wildman–Crippen LogP) is 1.98. The van der Waals surface area contributed by atoms with Crippen molar-refractivity contribution in [3.63, 3.8) is 0 Å². The first-order valence-electron chi connectivity index (χ1n) is 8.19. The highest BCUT2D eigenvalue weighted by molar-refractivity contribution is 7.92. The average Bonchev–Trinajstić information content (AvgIpc) is 2.58. The van der Waals surface area contributed by atoms with E-state index in [2.05, 4.69) is 11.0 Å². The molecule has 2 fully saturated rings. The molecule has 0 spiro atoms. The van der Waals surface area contributed by atoms with Gasteiger partial charge in [-0.1, -0.05) is 12.8 Å². The van der Waals surface area contributed by atoms with Gasteiger partial charge >= 0.3 is 0 Å². The van der Waals surface area contributed by atoms with Gasteiger partial charge in [0.05, 0.1) is 22.6 Å². The van der Waals surface area contributed by atoms with E-state index in [-0.39, 0.29) is 17.0 Å². The van der Waals surface area contributed by atoms with E-state index in [0.29, 0.717) is 18.7 Å². The molecular formula is C17H22N2O3S. The van der Waals surface area contributed by atoms with Crippen molar-refractivity contribution in [1.82, 2.24) is 4.90 Å². The van der Waals surface area contributed by atoms with Gasteiger partial charge in [-0.2, -0.15) is 5.26 Å². The lowest BCUT2D eigenvalue weighted by atomic mass is 9.93. The smallest absolute Gasteiger partial charge is 0.155 e. The van der Waals surface area contributed by atoms with Gasteiger partial charge in [0.1, 0.15) is 12.4 Å². The molecule has 124 valence electrons. The van der Waals surface area contributed by atoms with Gasteiger partial charge in [-0.05, 0) is 37.1 Å². The Morgan fingerprint density at radius 3 is 2.70 bits per heavy atom. The first-order chi connectivity index (χ1) is 11.1. The third-order valence-corrected chi connectivity index (χ3v) is 7.12. The number of hydrogen-bond donors (Lipinski definition) is 0. The van der Waals surface area contributed by atoms with Crippen LogP contribution in [-0.2, 0) is 9.84 Å². The summed E-state index contributed by atoms with van der Waals surface area (Å²) in [4.78, 5) is 2.29. The molecule has 0 N–H and O–H groups in total. The molecule has 0 amide bonds. The van der Waals surface area contributed by atoms with Crippen LogP contribution < -0.4 is 4.74 Å². The minimum absolute atomic E-state index is 0.159. The zero-order chi connectivity index (χ0) is 16.3. The van der Waals surface area contributed by atoms with Gasteiger partial charge in [0.25, 0.3) is 0 Å². The molecule has 1 heterocycles. The monoisotopic (exact) mass is 334 g/mol. The van der Waals surface area contributed by atoms with Gasteiger partial charge in [-0.15, -0.1) is 0 Å². The Morgan fingerprint density at radius 1 is 1.22 bits per heavy atom. The molecule has 2 aliphatic rings. The minimum atomic E-state index is -2.91. The molecule has 0 radical (unpaired) electrons. The molecule has 1 saturated carbocycles. The van der Waals surface area contributed by atoms with Gasteiger partial charge in [0.2, 0.25) is 0 Å². The van der Waals surface area contributed by atoms with Crippen molar-refractivity contribution in [3.8, 4) is 11.8 Å². The summed E-state index contributed by atoms with van der Waals surface area (Å²) in [6.07, 6.45) is 3.92. The van der Waals surface area contributed by atoms with E-state index in [1.165, 1.54) is 0 Å². The van der Waals surface area contributed by atoms with E-state index in [1.54, 1.807) is 24.3 Å². The molecule has 6 heteroatoms. The highest BCUT2D eigenvalue weighted by Gasteiger charge is 2.42. The highest BCUT2D eigenvalue weighted by atomic mass is 32.2. The lowest BCUT2D eigenvalue weighted by Gasteiger charge is -2.43. The van der Waals surface area contributed by atoms with Gasteiger partial charge < -0.3 is 4.74 Å². The van der Waals surface area contributed by atoms with Crippen molar-refractivity contribution in [2.75, 3.05) is 25.4 Å². The second-order valence-corrected chi connectivity index (χ2v) is 8.62. The van der Waals surface area contributed by atoms with Crippen LogP contribution in [0.3, 0.4) is 0 Å². The number of sulfone groups is 1. The Kier molecular flexibility index (Phi) is 4.88. The number of fused-ring (bicyclic) bond motifs is 1. The summed E-state index contributed by atoms with van der Waals surface area (Å²) in [5, 5.41) is 8.60. The first kappa shape index (κ1) is 16.3. The lowest BCUT2D eigenvalue weighted by Crippen LogP contribution is -2.56. The van der Waals surface area contributed by atoms with E-state index < -0.39 is 9.84 Å². The third kappa shape index (κ3) is 3.67. The Balaban J connectivity index is 1.56. The molecule has 3 rings (SSSR count). The number of hydrogen-bond acceptors (Lipinski definition) is 5. The molecular weight excluding hydrogens is 312 g/mol. The number of benzene rings is 1. The quantitative estimate of drug-likeness (QED) is 0.842. The van der Waals surface area contributed by atoms with Crippen molar-refractivity contribution >= 4 is 9.84 Å². The fourth-order valence-corrected chi connectivity index (χ4v) is 5.76. The van der Waals surface area contributed by atoms with Crippen molar-refractivity contribution in [1.29, 1.82) is 5.26 Å². The van der Waals surface area contributed by atoms with Crippen LogP contribution in [0.2, 0.25) is 0 Å². The van der Waals surface area contributed by atoms with Crippen LogP contribution in [0.4, 0.5) is 0 Å². The highest BCUT2D eigenvalue weighted by Crippen LogP contribution is 2.31. The fraction of sp³-hybridized carbons (Fsp3) is 0.588. The molecule has 1 aliphatic heterocycles. The summed E-state index contributed by atoms with van der Waals surface area (Å²) >= 11 is 0. The van der Waals surface area contributed by atoms with Crippen LogP contribution in [0, 0.1) is 11.3 Å². The molecule has 1 saturated heterocycles. The first-order valence-corrected chi connectivity index (χ1v) is 9.90. The SMILES string of the molecule is N#Cc1ccc(OCCN2CCS(=O)(=O)[C@@H]3CCCC[C@@H]32)cc1. The lowest BCUT2D eigenvalue weighted by molar-refractivity contribution is 0.131. The normalized spacial score (nSPS) is 26.9. The van der Waals surface area contributed by atoms with Crippen molar-refractivity contribution in [2.24, 2.45) is 0 Å². The van der Waals surface area contributed by atoms with E-state index in [4.69, 9.17) is 10.00 Å². The molecule has 1 aliphatic carbocycles. The number of rotatable bonds is 4. The minimum Gasteiger partial charge on any atom is -0.492 e. The van der Waals surface area contributed by atoms with Crippen molar-refractivity contribution < 1.29 is 13.2 Å². The fourth-order valence-electron chi connectivity index (χ4n) is 3.66. The largest absolute Gasteiger partial charge is 0.492 e. The number of ether oxygens (including phenoxy) is 1. The summed E-state index contributed by atoms with van der Waals surface area (Å²) in [6, 6.07) is 9.30. The Morgan fingerprint density at radius 2 is 1.96 bits per heavy atom. The van der Waals surface area contributed by atoms with E-state index in [1.807, 2.05) is 0 Å². The third-order valence-electron chi connectivity index (χ3n) is 4.89. The van der Waals surface area contributed by atoms with Crippen LogP contribution in [0.1, 0.15) is 31.2 Å². The number of nitrogens with zero attached hydrogens (tertiary/aromatic N) is 2. The summed E-state index contributed by atoms with van der Waals surface area (Å²) < 4.78 is 30.2. The molecule has 23 heavy (non-hydrogen) atoms. The Hall–Kier alpha value is -1.58. The molecule has 0 unspecified atom stereocenters. The van der Waals surface area contributed by atoms with Crippen LogP contribution in [-0.4, -0.2) is 50.1 Å². The summed E-state index contributed by atoms with van der Waals surface area (Å²) in [5.41, 5.74) is 0.614. The van der Waals surface area contributed by atoms with Crippen LogP contribution >= 0.6 is 0 Å². The van der Waals surface area contributed by atoms with Crippen LogP contribution in [0.25, 0.3) is 0 Å². The van der Waals surface area contributed by atoms with Crippen molar-refractivity contribution in [2.45, 2.75) is 37.0 Å². The van der Waals surface area contributed by atoms with Crippen LogP contribution in [0.5, 0.6) is 5.75 Å². The molecule has 2 atom stereocenters. The van der Waals surface area contributed by atoms with E-state index >= 15 is 0 Å². The molecule has 1 aromatic carbocycles. The Bertz CT molecular complexity index is 679. The zero-order valence-corrected chi connectivity index (χ0v) is 14.0. The average molecular weight is 334 g/mol. The Labute approximate surface area is 137 Å². The van der Waals surface area contributed by atoms with Gasteiger partial charge in [0.15, 0.2) is 9.84 Å². The summed E-state index contributed by atoms with van der Waals surface area (Å²) in [7, 11) is -2.91. The maximum atomic E-state index is 12.2. The summed E-state index contributed by atoms with van der Waals surface area (Å²) in [5.74, 6) is 1.01. The second-order valence-electron chi connectivity index (χ2n) is 6.28. The number of nitriles is 1. The zero-order valence-electron chi connectivity index (χ0n) is 13.1. The van der Waals surface area contributed by atoms with Gasteiger partial charge in [-0.3, -0.25) is 4.90 Å². The van der Waals surface area contributed by atoms with E-state index in [9.17, 15) is 8.42 Å². The maximum Gasteiger partial charge on any atom is 0.155 e. The predicted molar refractivity (Wildman–Crippen MR) is 88.1 cm³/mol. The topological polar surface area (TPSA) is 70.4 Å². The van der Waals surface area contributed by atoms with Crippen molar-refractivity contribution in [3.05, 3.63) is 29.8 Å². The summed E-state index contributed by atoms with van der Waals surface area (Å²) in [6.45, 7) is 1.89. The molecule has 1 aromatic rings. The molecule has 0 aromatic heterocycles. The van der Waals surface area contributed by atoms with Gasteiger partial charge in [0, 0.05) is 19.1 Å². The van der Waals surface area contributed by atoms with Gasteiger partial charge in [-0.25, -0.2) is 8.42 Å². The van der Waals surface area contributed by atoms with E-state index in [0.717, 1.165) is 38.0 Å². The maximum absolute atomic E-state index is 12.2.